The zero-order valence-corrected chi connectivity index (χ0v) is 22.6. The summed E-state index contributed by atoms with van der Waals surface area (Å²) >= 11 is 12.5. The summed E-state index contributed by atoms with van der Waals surface area (Å²) in [5.41, 5.74) is 3.05. The van der Waals surface area contributed by atoms with E-state index in [1.54, 1.807) is 19.1 Å². The van der Waals surface area contributed by atoms with Crippen LogP contribution >= 0.6 is 23.2 Å². The van der Waals surface area contributed by atoms with Crippen LogP contribution in [0.3, 0.4) is 0 Å². The third-order valence-corrected chi connectivity index (χ3v) is 6.89. The number of nitrogens with one attached hydrogen (secondary N) is 1. The van der Waals surface area contributed by atoms with E-state index in [1.807, 2.05) is 38.1 Å². The monoisotopic (exact) mass is 547 g/mol. The molecule has 0 saturated carbocycles. The van der Waals surface area contributed by atoms with Gasteiger partial charge in [0.25, 0.3) is 0 Å². The molecule has 0 unspecified atom stereocenters. The minimum Gasteiger partial charge on any atom is -0.499 e. The number of methoxy groups -OCH3 is 1. The van der Waals surface area contributed by atoms with E-state index >= 15 is 0 Å². The number of nitrogens with zero attached hydrogens (tertiary/aromatic N) is 1. The van der Waals surface area contributed by atoms with E-state index in [2.05, 4.69) is 5.32 Å². The average Bonchev–Trinajstić information content (AvgIpc) is 2.83. The molecule has 3 aromatic rings. The van der Waals surface area contributed by atoms with Crippen molar-refractivity contribution in [1.82, 2.24) is 5.32 Å². The first-order valence-electron chi connectivity index (χ1n) is 11.5. The molecular weight excluding hydrogens is 519 g/mol. The first-order valence-corrected chi connectivity index (χ1v) is 12.2. The molecule has 3 N–H and O–H groups in total. The van der Waals surface area contributed by atoms with E-state index < -0.39 is 35.5 Å². The Labute approximate surface area is 225 Å². The molecule has 2 atom stereocenters. The lowest BCUT2D eigenvalue weighted by Crippen LogP contribution is -2.47. The molecule has 0 radical (unpaired) electrons. The van der Waals surface area contributed by atoms with E-state index in [9.17, 15) is 19.9 Å². The lowest BCUT2D eigenvalue weighted by atomic mass is 9.86. The van der Waals surface area contributed by atoms with Gasteiger partial charge in [0.2, 0.25) is 11.9 Å². The summed E-state index contributed by atoms with van der Waals surface area (Å²) in [6, 6.07) is 11.4. The van der Waals surface area contributed by atoms with Crippen molar-refractivity contribution < 1.29 is 34.1 Å². The maximum absolute atomic E-state index is 13.0. The number of carbonyl (C=O) groups is 2. The van der Waals surface area contributed by atoms with Crippen molar-refractivity contribution in [2.75, 3.05) is 7.11 Å². The number of aromatic nitrogens is 1. The number of carbonyl (C=O) groups excluding carboxylic acids is 2. The third-order valence-electron chi connectivity index (χ3n) is 6.04. The normalized spacial score (nSPS) is 12.6. The van der Waals surface area contributed by atoms with Crippen LogP contribution in [0.4, 0.5) is 0 Å². The number of rotatable bonds is 8. The fourth-order valence-electron chi connectivity index (χ4n) is 4.03. The number of aromatic hydroxyl groups is 1. The number of halogens is 2. The van der Waals surface area contributed by atoms with E-state index in [0.717, 1.165) is 28.5 Å². The van der Waals surface area contributed by atoms with E-state index in [1.165, 1.54) is 20.1 Å². The minimum absolute atomic E-state index is 0.0151. The maximum atomic E-state index is 13.0. The van der Waals surface area contributed by atoms with Crippen LogP contribution < -0.4 is 14.8 Å². The van der Waals surface area contributed by atoms with Crippen molar-refractivity contribution in [1.29, 1.82) is 0 Å². The summed E-state index contributed by atoms with van der Waals surface area (Å²) in [6.07, 6.45) is 0.492. The SMILES string of the molecule is COc1cc[n+](O)c(C(=O)N[C@@H](C)C(=O)O[C@@H](C)C(c2ccc(Cl)c(C)c2)c2ccc(Cl)c(C)c2)c1O. The molecule has 0 fully saturated rings. The average molecular weight is 548 g/mol. The molecule has 196 valence electrons. The van der Waals surface area contributed by atoms with Gasteiger partial charge in [0, 0.05) is 20.7 Å². The number of benzene rings is 2. The first kappa shape index (κ1) is 28.1. The zero-order valence-electron chi connectivity index (χ0n) is 21.1. The lowest BCUT2D eigenvalue weighted by Gasteiger charge is -2.27. The second-order valence-electron chi connectivity index (χ2n) is 8.76. The van der Waals surface area contributed by atoms with Gasteiger partial charge in [-0.25, -0.2) is 4.79 Å². The Hall–Kier alpha value is -3.49. The van der Waals surface area contributed by atoms with Crippen LogP contribution in [0.15, 0.2) is 48.7 Å². The number of ether oxygens (including phenoxy) is 2. The molecule has 2 aromatic carbocycles. The summed E-state index contributed by atoms with van der Waals surface area (Å²) in [5, 5.41) is 23.9. The quantitative estimate of drug-likeness (QED) is 0.213. The maximum Gasteiger partial charge on any atom is 0.366 e. The van der Waals surface area contributed by atoms with E-state index in [-0.39, 0.29) is 11.7 Å². The molecule has 0 aliphatic carbocycles. The number of pyridine rings is 1. The highest BCUT2D eigenvalue weighted by Crippen LogP contribution is 2.34. The molecule has 10 heteroatoms. The number of esters is 1. The van der Waals surface area contributed by atoms with E-state index in [0.29, 0.717) is 14.8 Å². The second kappa shape index (κ2) is 11.7. The Kier molecular flexibility index (Phi) is 8.89. The van der Waals surface area contributed by atoms with Gasteiger partial charge in [-0.3, -0.25) is 10.0 Å². The highest BCUT2D eigenvalue weighted by atomic mass is 35.5. The Morgan fingerprint density at radius 1 is 0.973 bits per heavy atom. The van der Waals surface area contributed by atoms with Crippen molar-refractivity contribution in [2.24, 2.45) is 0 Å². The highest BCUT2D eigenvalue weighted by molar-refractivity contribution is 6.31. The molecule has 0 bridgehead atoms. The smallest absolute Gasteiger partial charge is 0.366 e. The molecule has 1 amide bonds. The van der Waals surface area contributed by atoms with Crippen molar-refractivity contribution in [3.8, 4) is 11.5 Å². The van der Waals surface area contributed by atoms with Crippen molar-refractivity contribution in [3.63, 3.8) is 0 Å². The van der Waals surface area contributed by atoms with Crippen LogP contribution in [0.2, 0.25) is 10.0 Å². The van der Waals surface area contributed by atoms with Crippen LogP contribution in [-0.4, -0.2) is 41.4 Å². The summed E-state index contributed by atoms with van der Waals surface area (Å²) in [7, 11) is 1.31. The molecule has 0 aliphatic rings. The van der Waals surface area contributed by atoms with Gasteiger partial charge < -0.3 is 19.9 Å². The van der Waals surface area contributed by atoms with Gasteiger partial charge in [0.05, 0.1) is 13.2 Å². The zero-order chi connectivity index (χ0) is 27.4. The Morgan fingerprint density at radius 2 is 1.51 bits per heavy atom. The standard InChI is InChI=1S/C27H28Cl2N2O6/c1-14-12-18(6-8-20(14)28)23(19-7-9-21(29)15(2)13-19)17(4)37-27(34)16(3)30-26(33)24-25(32)22(36-5)10-11-31(24)35/h6-13,16-17,23H,1-5H3,(H2-,30,32,33,35)/p+1/t16-,17-/m0/s1. The molecule has 0 aliphatic heterocycles. The van der Waals surface area contributed by atoms with E-state index in [4.69, 9.17) is 32.7 Å². The van der Waals surface area contributed by atoms with Gasteiger partial charge in [-0.15, -0.1) is 0 Å². The summed E-state index contributed by atoms with van der Waals surface area (Å²) in [4.78, 5) is 25.7. The third kappa shape index (κ3) is 6.26. The predicted octanol–water partition coefficient (Wildman–Crippen LogP) is 4.73. The molecular formula is C27H29Cl2N2O6+. The van der Waals surface area contributed by atoms with Crippen molar-refractivity contribution >= 4 is 35.1 Å². The fourth-order valence-corrected chi connectivity index (χ4v) is 4.26. The largest absolute Gasteiger partial charge is 0.499 e. The van der Waals surface area contributed by atoms with Gasteiger partial charge in [-0.2, -0.15) is 0 Å². The molecule has 1 aromatic heterocycles. The van der Waals surface area contributed by atoms with Crippen molar-refractivity contribution in [2.45, 2.75) is 45.8 Å². The molecule has 0 saturated heterocycles. The van der Waals surface area contributed by atoms with Crippen LogP contribution in [-0.2, 0) is 9.53 Å². The van der Waals surface area contributed by atoms with Crippen LogP contribution in [0.25, 0.3) is 0 Å². The molecule has 3 rings (SSSR count). The van der Waals surface area contributed by atoms with Gasteiger partial charge in [-0.1, -0.05) is 47.5 Å². The minimum atomic E-state index is -1.10. The van der Waals surface area contributed by atoms with Crippen LogP contribution in [0, 0.1) is 13.8 Å². The van der Waals surface area contributed by atoms with Gasteiger partial charge in [0.1, 0.15) is 12.1 Å². The fraction of sp³-hybridized carbons (Fsp3) is 0.296. The van der Waals surface area contributed by atoms with Crippen LogP contribution in [0.5, 0.6) is 11.5 Å². The number of aryl methyl sites for hydroxylation is 2. The molecule has 0 spiro atoms. The second-order valence-corrected chi connectivity index (χ2v) is 9.57. The lowest BCUT2D eigenvalue weighted by molar-refractivity contribution is -0.906. The Bertz CT molecular complexity index is 1280. The Morgan fingerprint density at radius 3 is 2.00 bits per heavy atom. The topological polar surface area (TPSA) is 109 Å². The Balaban J connectivity index is 1.84. The van der Waals surface area contributed by atoms with Crippen LogP contribution in [0.1, 0.15) is 52.5 Å². The van der Waals surface area contributed by atoms with Crippen molar-refractivity contribution in [3.05, 3.63) is 86.7 Å². The number of hydrogen-bond donors (Lipinski definition) is 3. The van der Waals surface area contributed by atoms with Gasteiger partial charge in [0.15, 0.2) is 5.75 Å². The first-order chi connectivity index (χ1) is 17.4. The predicted molar refractivity (Wildman–Crippen MR) is 139 cm³/mol. The number of hydrogen-bond acceptors (Lipinski definition) is 6. The highest BCUT2D eigenvalue weighted by Gasteiger charge is 2.33. The molecule has 1 heterocycles. The summed E-state index contributed by atoms with van der Waals surface area (Å²) in [5.74, 6) is -2.53. The van der Waals surface area contributed by atoms with Gasteiger partial charge >= 0.3 is 17.6 Å². The summed E-state index contributed by atoms with van der Waals surface area (Å²) < 4.78 is 11.2. The summed E-state index contributed by atoms with van der Waals surface area (Å²) in [6.45, 7) is 7.00. The number of amides is 1. The van der Waals surface area contributed by atoms with Gasteiger partial charge in [-0.05, 0) is 62.1 Å². The molecule has 37 heavy (non-hydrogen) atoms. The molecule has 8 nitrogen and oxygen atoms in total.